The number of carbonyl (C=O) groups is 1. The number of hydrogen-bond donors (Lipinski definition) is 1. The SMILES string of the molecule is CN1NC(c2ccc(N(C)C)cc2)(c2ccc(N(C)C)cc2)c2ncccc2C1=O. The third kappa shape index (κ3) is 3.09. The van der Waals surface area contributed by atoms with E-state index >= 15 is 0 Å². The number of benzene rings is 2. The van der Waals surface area contributed by atoms with Crippen LogP contribution in [0.25, 0.3) is 0 Å². The van der Waals surface area contributed by atoms with E-state index in [1.54, 1.807) is 18.3 Å². The molecule has 30 heavy (non-hydrogen) atoms. The molecule has 1 aromatic heterocycles. The van der Waals surface area contributed by atoms with Crippen LogP contribution in [-0.2, 0) is 5.54 Å². The number of carbonyl (C=O) groups excluding carboxylic acids is 1. The molecule has 1 aliphatic rings. The normalized spacial score (nSPS) is 15.0. The van der Waals surface area contributed by atoms with E-state index < -0.39 is 5.54 Å². The van der Waals surface area contributed by atoms with Crippen molar-refractivity contribution < 1.29 is 4.79 Å². The Balaban J connectivity index is 1.98. The molecule has 0 spiro atoms. The van der Waals surface area contributed by atoms with E-state index in [2.05, 4.69) is 63.8 Å². The van der Waals surface area contributed by atoms with Gasteiger partial charge < -0.3 is 9.80 Å². The Labute approximate surface area is 177 Å². The van der Waals surface area contributed by atoms with Gasteiger partial charge in [-0.25, -0.2) is 5.43 Å². The topological polar surface area (TPSA) is 51.7 Å². The van der Waals surface area contributed by atoms with Crippen LogP contribution >= 0.6 is 0 Å². The van der Waals surface area contributed by atoms with Gasteiger partial charge in [0.1, 0.15) is 5.54 Å². The molecule has 0 unspecified atom stereocenters. The number of amides is 1. The van der Waals surface area contributed by atoms with Crippen LogP contribution in [0.1, 0.15) is 27.2 Å². The van der Waals surface area contributed by atoms with Crippen LogP contribution in [0, 0.1) is 0 Å². The first-order chi connectivity index (χ1) is 14.3. The fourth-order valence-electron chi connectivity index (χ4n) is 4.00. The summed E-state index contributed by atoms with van der Waals surface area (Å²) in [6.45, 7) is 0. The van der Waals surface area contributed by atoms with E-state index in [1.807, 2.05) is 40.3 Å². The second-order valence-corrected chi connectivity index (χ2v) is 8.01. The second kappa shape index (κ2) is 7.46. The van der Waals surface area contributed by atoms with Crippen LogP contribution < -0.4 is 15.2 Å². The Morgan fingerprint density at radius 1 is 0.833 bits per heavy atom. The fourth-order valence-corrected chi connectivity index (χ4v) is 4.00. The smallest absolute Gasteiger partial charge is 0.269 e. The Kier molecular flexibility index (Phi) is 4.95. The van der Waals surface area contributed by atoms with Crippen molar-refractivity contribution in [3.05, 3.63) is 89.2 Å². The first-order valence-corrected chi connectivity index (χ1v) is 9.91. The predicted octanol–water partition coefficient (Wildman–Crippen LogP) is 3.10. The van der Waals surface area contributed by atoms with Gasteiger partial charge in [-0.2, -0.15) is 0 Å². The molecule has 3 aromatic rings. The van der Waals surface area contributed by atoms with Crippen LogP contribution in [0.4, 0.5) is 11.4 Å². The zero-order valence-corrected chi connectivity index (χ0v) is 18.0. The Morgan fingerprint density at radius 3 is 1.80 bits per heavy atom. The minimum Gasteiger partial charge on any atom is -0.378 e. The summed E-state index contributed by atoms with van der Waals surface area (Å²) in [6, 6.07) is 20.4. The Morgan fingerprint density at radius 2 is 1.33 bits per heavy atom. The minimum absolute atomic E-state index is 0.0939. The minimum atomic E-state index is -0.783. The van der Waals surface area contributed by atoms with Crippen molar-refractivity contribution >= 4 is 17.3 Å². The van der Waals surface area contributed by atoms with Gasteiger partial charge in [0.15, 0.2) is 0 Å². The van der Waals surface area contributed by atoms with Gasteiger partial charge in [-0.3, -0.25) is 14.8 Å². The highest BCUT2D eigenvalue weighted by molar-refractivity contribution is 5.97. The summed E-state index contributed by atoms with van der Waals surface area (Å²) in [4.78, 5) is 21.7. The molecule has 0 radical (unpaired) electrons. The molecule has 0 fully saturated rings. The maximum atomic E-state index is 12.9. The molecule has 2 aromatic carbocycles. The lowest BCUT2D eigenvalue weighted by Crippen LogP contribution is -2.59. The van der Waals surface area contributed by atoms with Crippen molar-refractivity contribution in [2.75, 3.05) is 45.0 Å². The molecular weight excluding hydrogens is 374 g/mol. The van der Waals surface area contributed by atoms with Gasteiger partial charge in [0.25, 0.3) is 5.91 Å². The molecule has 0 atom stereocenters. The summed E-state index contributed by atoms with van der Waals surface area (Å²) in [5, 5.41) is 1.56. The van der Waals surface area contributed by atoms with E-state index in [0.29, 0.717) is 11.3 Å². The lowest BCUT2D eigenvalue weighted by Gasteiger charge is -2.43. The van der Waals surface area contributed by atoms with Crippen molar-refractivity contribution in [1.29, 1.82) is 0 Å². The van der Waals surface area contributed by atoms with Gasteiger partial charge in [-0.05, 0) is 47.5 Å². The molecule has 1 aliphatic heterocycles. The molecule has 0 aliphatic carbocycles. The third-order valence-corrected chi connectivity index (χ3v) is 5.67. The number of fused-ring (bicyclic) bond motifs is 1. The molecule has 4 rings (SSSR count). The standard InChI is InChI=1S/C24H27N5O/c1-27(2)19-12-8-17(9-13-19)24(18-10-14-20(15-11-18)28(3)4)22-21(7-6-16-25-22)23(30)29(5)26-24/h6-16,26H,1-5H3. The number of aromatic nitrogens is 1. The number of anilines is 2. The lowest BCUT2D eigenvalue weighted by molar-refractivity contribution is 0.0606. The maximum Gasteiger partial charge on any atom is 0.269 e. The number of hydrogen-bond acceptors (Lipinski definition) is 5. The molecule has 1 amide bonds. The number of hydrazine groups is 1. The number of rotatable bonds is 4. The van der Waals surface area contributed by atoms with Crippen molar-refractivity contribution in [3.63, 3.8) is 0 Å². The summed E-state index contributed by atoms with van der Waals surface area (Å²) >= 11 is 0. The summed E-state index contributed by atoms with van der Waals surface area (Å²) in [5.74, 6) is -0.0939. The maximum absolute atomic E-state index is 12.9. The van der Waals surface area contributed by atoms with Gasteiger partial charge in [-0.1, -0.05) is 24.3 Å². The summed E-state index contributed by atoms with van der Waals surface area (Å²) in [6.07, 6.45) is 1.75. The van der Waals surface area contributed by atoms with Crippen molar-refractivity contribution in [2.45, 2.75) is 5.54 Å². The van der Waals surface area contributed by atoms with Crippen LogP contribution in [0.2, 0.25) is 0 Å². The summed E-state index contributed by atoms with van der Waals surface area (Å²) in [5.41, 5.74) is 8.25. The van der Waals surface area contributed by atoms with E-state index in [9.17, 15) is 4.79 Å². The van der Waals surface area contributed by atoms with E-state index in [4.69, 9.17) is 4.98 Å². The zero-order valence-electron chi connectivity index (χ0n) is 18.0. The number of pyridine rings is 1. The molecule has 0 saturated heterocycles. The first-order valence-electron chi connectivity index (χ1n) is 9.91. The van der Waals surface area contributed by atoms with Gasteiger partial charge in [0.2, 0.25) is 0 Å². The van der Waals surface area contributed by atoms with Crippen LogP contribution in [-0.4, -0.2) is 51.1 Å². The van der Waals surface area contributed by atoms with E-state index in [-0.39, 0.29) is 5.91 Å². The molecule has 6 heteroatoms. The van der Waals surface area contributed by atoms with Gasteiger partial charge in [0, 0.05) is 52.8 Å². The molecule has 1 N–H and O–H groups in total. The highest BCUT2D eigenvalue weighted by atomic mass is 16.2. The fraction of sp³-hybridized carbons (Fsp3) is 0.250. The van der Waals surface area contributed by atoms with Gasteiger partial charge in [0.05, 0.1) is 11.3 Å². The number of nitrogens with one attached hydrogen (secondary N) is 1. The monoisotopic (exact) mass is 401 g/mol. The van der Waals surface area contributed by atoms with Gasteiger partial charge >= 0.3 is 0 Å². The molecule has 0 saturated carbocycles. The quantitative estimate of drug-likeness (QED) is 0.728. The Hall–Kier alpha value is -3.38. The summed E-state index contributed by atoms with van der Waals surface area (Å²) in [7, 11) is 9.84. The Bertz CT molecular complexity index is 1010. The predicted molar refractivity (Wildman–Crippen MR) is 121 cm³/mol. The molecule has 2 heterocycles. The van der Waals surface area contributed by atoms with Crippen molar-refractivity contribution in [3.8, 4) is 0 Å². The van der Waals surface area contributed by atoms with Crippen molar-refractivity contribution in [2.24, 2.45) is 0 Å². The van der Waals surface area contributed by atoms with Crippen LogP contribution in [0.5, 0.6) is 0 Å². The van der Waals surface area contributed by atoms with E-state index in [0.717, 1.165) is 22.5 Å². The zero-order chi connectivity index (χ0) is 21.5. The molecular formula is C24H27N5O. The molecule has 6 nitrogen and oxygen atoms in total. The van der Waals surface area contributed by atoms with Crippen LogP contribution in [0.3, 0.4) is 0 Å². The number of nitrogens with zero attached hydrogens (tertiary/aromatic N) is 4. The largest absolute Gasteiger partial charge is 0.378 e. The highest BCUT2D eigenvalue weighted by Crippen LogP contribution is 2.41. The second-order valence-electron chi connectivity index (χ2n) is 8.01. The van der Waals surface area contributed by atoms with E-state index in [1.165, 1.54) is 0 Å². The lowest BCUT2D eigenvalue weighted by atomic mass is 9.77. The third-order valence-electron chi connectivity index (χ3n) is 5.67. The highest BCUT2D eigenvalue weighted by Gasteiger charge is 2.46. The average molecular weight is 402 g/mol. The average Bonchev–Trinajstić information content (AvgIpc) is 2.76. The first kappa shape index (κ1) is 19.9. The van der Waals surface area contributed by atoms with Crippen LogP contribution in [0.15, 0.2) is 66.9 Å². The molecule has 154 valence electrons. The summed E-state index contributed by atoms with van der Waals surface area (Å²) < 4.78 is 0. The van der Waals surface area contributed by atoms with Gasteiger partial charge in [-0.15, -0.1) is 0 Å². The van der Waals surface area contributed by atoms with Crippen molar-refractivity contribution in [1.82, 2.24) is 15.4 Å². The molecule has 0 bridgehead atoms.